The molecule has 0 aromatic heterocycles. The van der Waals surface area contributed by atoms with Gasteiger partial charge in [0.15, 0.2) is 0 Å². The van der Waals surface area contributed by atoms with Crippen LogP contribution in [0, 0.1) is 0 Å². The third-order valence-electron chi connectivity index (χ3n) is 4.68. The van der Waals surface area contributed by atoms with Gasteiger partial charge in [0.1, 0.15) is 5.60 Å². The Balaban J connectivity index is 0.00000280. The van der Waals surface area contributed by atoms with Crippen LogP contribution in [0.1, 0.15) is 24.5 Å². The van der Waals surface area contributed by atoms with Crippen LogP contribution in [0.5, 0.6) is 0 Å². The molecule has 0 N–H and O–H groups in total. The number of carboxylic acids is 1. The molecule has 0 spiro atoms. The number of hydrogen-bond donors (Lipinski definition) is 0. The number of halogens is 1. The zero-order valence-corrected chi connectivity index (χ0v) is 19.9. The Morgan fingerprint density at radius 3 is 1.96 bits per heavy atom. The number of benzene rings is 3. The van der Waals surface area contributed by atoms with E-state index in [0.717, 1.165) is 16.7 Å². The third kappa shape index (κ3) is 5.33. The molecular formula is C23H20ClKO3. The van der Waals surface area contributed by atoms with E-state index in [4.69, 9.17) is 16.3 Å². The van der Waals surface area contributed by atoms with Crippen molar-refractivity contribution in [3.05, 3.63) is 95.0 Å². The number of carbonyl (C=O) groups is 1. The maximum atomic E-state index is 11.9. The van der Waals surface area contributed by atoms with Gasteiger partial charge in [0.05, 0.1) is 12.6 Å². The number of carbonyl (C=O) groups excluding carboxylic acids is 1. The monoisotopic (exact) mass is 418 g/mol. The van der Waals surface area contributed by atoms with Crippen LogP contribution in [-0.4, -0.2) is 5.97 Å². The third-order valence-corrected chi connectivity index (χ3v) is 4.94. The minimum atomic E-state index is -1.46. The number of ether oxygens (including phenoxy) is 1. The summed E-state index contributed by atoms with van der Waals surface area (Å²) in [5.74, 6) is -1.23. The Labute approximate surface area is 213 Å². The summed E-state index contributed by atoms with van der Waals surface area (Å²) in [6, 6.07) is 24.4. The molecule has 1 atom stereocenters. The van der Waals surface area contributed by atoms with E-state index in [-0.39, 0.29) is 64.4 Å². The van der Waals surface area contributed by atoms with Gasteiger partial charge < -0.3 is 14.6 Å². The molecule has 0 aliphatic heterocycles. The van der Waals surface area contributed by atoms with Crippen molar-refractivity contribution in [3.8, 4) is 11.1 Å². The fraction of sp³-hybridized carbons (Fsp3) is 0.174. The van der Waals surface area contributed by atoms with Crippen molar-refractivity contribution >= 4 is 17.6 Å². The predicted octanol–water partition coefficient (Wildman–Crippen LogP) is 1.58. The average molecular weight is 419 g/mol. The van der Waals surface area contributed by atoms with Crippen molar-refractivity contribution in [1.82, 2.24) is 0 Å². The molecule has 0 aliphatic rings. The Morgan fingerprint density at radius 1 is 0.929 bits per heavy atom. The Kier molecular flexibility index (Phi) is 8.90. The van der Waals surface area contributed by atoms with Crippen LogP contribution in [0.2, 0.25) is 5.02 Å². The second-order valence-electron chi connectivity index (χ2n) is 6.33. The van der Waals surface area contributed by atoms with E-state index in [2.05, 4.69) is 0 Å². The maximum absolute atomic E-state index is 11.9. The second-order valence-corrected chi connectivity index (χ2v) is 6.76. The molecule has 3 aromatic carbocycles. The SMILES string of the molecule is CCC(OCc1ccc(-c2ccc(Cl)cc2)cc1)(C(=O)[O-])c1ccccc1.[K+]. The van der Waals surface area contributed by atoms with E-state index in [1.54, 1.807) is 31.2 Å². The number of carboxylic acid groups (broad SMARTS) is 1. The summed E-state index contributed by atoms with van der Waals surface area (Å²) in [5.41, 5.74) is 2.14. The van der Waals surface area contributed by atoms with E-state index in [9.17, 15) is 9.90 Å². The summed E-state index contributed by atoms with van der Waals surface area (Å²) in [4.78, 5) is 11.9. The van der Waals surface area contributed by atoms with Crippen molar-refractivity contribution in [1.29, 1.82) is 0 Å². The largest absolute Gasteiger partial charge is 1.00 e. The zero-order valence-electron chi connectivity index (χ0n) is 16.0. The molecule has 5 heteroatoms. The molecule has 0 fully saturated rings. The van der Waals surface area contributed by atoms with E-state index in [1.165, 1.54) is 0 Å². The zero-order chi connectivity index (χ0) is 19.3. The number of rotatable bonds is 7. The van der Waals surface area contributed by atoms with Gasteiger partial charge in [-0.2, -0.15) is 0 Å². The molecule has 28 heavy (non-hydrogen) atoms. The molecule has 0 amide bonds. The summed E-state index contributed by atoms with van der Waals surface area (Å²) < 4.78 is 5.89. The van der Waals surface area contributed by atoms with Crippen molar-refractivity contribution in [2.75, 3.05) is 0 Å². The molecule has 0 radical (unpaired) electrons. The van der Waals surface area contributed by atoms with E-state index >= 15 is 0 Å². The molecule has 0 heterocycles. The van der Waals surface area contributed by atoms with Gasteiger partial charge in [-0.25, -0.2) is 0 Å². The van der Waals surface area contributed by atoms with Crippen molar-refractivity contribution < 1.29 is 66.0 Å². The molecule has 0 saturated heterocycles. The summed E-state index contributed by atoms with van der Waals surface area (Å²) >= 11 is 5.93. The Bertz CT molecular complexity index is 895. The van der Waals surface area contributed by atoms with Crippen LogP contribution < -0.4 is 56.5 Å². The van der Waals surface area contributed by atoms with Crippen molar-refractivity contribution in [2.45, 2.75) is 25.6 Å². The van der Waals surface area contributed by atoms with Gasteiger partial charge in [-0.3, -0.25) is 0 Å². The van der Waals surface area contributed by atoms with Crippen LogP contribution in [-0.2, 0) is 21.7 Å². The first-order valence-corrected chi connectivity index (χ1v) is 9.19. The minimum absolute atomic E-state index is 0. The van der Waals surface area contributed by atoms with Gasteiger partial charge >= 0.3 is 51.4 Å². The predicted molar refractivity (Wildman–Crippen MR) is 105 cm³/mol. The van der Waals surface area contributed by atoms with Gasteiger partial charge in [-0.15, -0.1) is 0 Å². The smallest absolute Gasteiger partial charge is 0.547 e. The summed E-state index contributed by atoms with van der Waals surface area (Å²) in [6.45, 7) is 1.96. The first-order chi connectivity index (χ1) is 13.0. The van der Waals surface area contributed by atoms with Crippen LogP contribution in [0.25, 0.3) is 11.1 Å². The number of aliphatic carboxylic acids is 1. The minimum Gasteiger partial charge on any atom is -0.547 e. The molecule has 0 saturated carbocycles. The van der Waals surface area contributed by atoms with Gasteiger partial charge in [-0.05, 0) is 40.8 Å². The van der Waals surface area contributed by atoms with Crippen LogP contribution >= 0.6 is 11.6 Å². The Morgan fingerprint density at radius 2 is 1.46 bits per heavy atom. The molecule has 3 aromatic rings. The quantitative estimate of drug-likeness (QED) is 0.547. The van der Waals surface area contributed by atoms with E-state index in [1.807, 2.05) is 54.6 Å². The standard InChI is InChI=1S/C23H21ClO3.K/c1-2-23(22(25)26,20-6-4-3-5-7-20)27-16-17-8-10-18(11-9-17)19-12-14-21(24)15-13-19;/h3-15H,2,16H2,1H3,(H,25,26);/q;+1/p-1. The van der Waals surface area contributed by atoms with Gasteiger partial charge in [-0.1, -0.05) is 85.3 Å². The Hall–Kier alpha value is -0.984. The van der Waals surface area contributed by atoms with E-state index < -0.39 is 11.6 Å². The van der Waals surface area contributed by atoms with Crippen LogP contribution in [0.3, 0.4) is 0 Å². The first-order valence-electron chi connectivity index (χ1n) is 8.81. The molecule has 138 valence electrons. The normalized spacial score (nSPS) is 12.6. The number of hydrogen-bond acceptors (Lipinski definition) is 3. The van der Waals surface area contributed by atoms with Crippen LogP contribution in [0.15, 0.2) is 78.9 Å². The van der Waals surface area contributed by atoms with Gasteiger partial charge in [0.25, 0.3) is 0 Å². The van der Waals surface area contributed by atoms with Crippen molar-refractivity contribution in [2.24, 2.45) is 0 Å². The summed E-state index contributed by atoms with van der Waals surface area (Å²) in [7, 11) is 0. The summed E-state index contributed by atoms with van der Waals surface area (Å²) in [5, 5.41) is 12.6. The molecule has 0 bridgehead atoms. The molecule has 0 aliphatic carbocycles. The molecular weight excluding hydrogens is 399 g/mol. The fourth-order valence-corrected chi connectivity index (χ4v) is 3.19. The second kappa shape index (κ2) is 10.7. The average Bonchev–Trinajstić information content (AvgIpc) is 2.70. The van der Waals surface area contributed by atoms with E-state index in [0.29, 0.717) is 10.6 Å². The fourth-order valence-electron chi connectivity index (χ4n) is 3.06. The first kappa shape index (κ1) is 23.3. The van der Waals surface area contributed by atoms with Gasteiger partial charge in [0.2, 0.25) is 0 Å². The summed E-state index contributed by atoms with van der Waals surface area (Å²) in [6.07, 6.45) is 0.280. The topological polar surface area (TPSA) is 49.4 Å². The molecule has 3 nitrogen and oxygen atoms in total. The maximum Gasteiger partial charge on any atom is 1.00 e. The van der Waals surface area contributed by atoms with Crippen LogP contribution in [0.4, 0.5) is 0 Å². The molecule has 1 unspecified atom stereocenters. The van der Waals surface area contributed by atoms with Crippen molar-refractivity contribution in [3.63, 3.8) is 0 Å². The molecule has 3 rings (SSSR count). The van der Waals surface area contributed by atoms with Gasteiger partial charge in [0, 0.05) is 5.02 Å².